The second-order valence-corrected chi connectivity index (χ2v) is 13.3. The number of alkyl halides is 3. The molecule has 2 heterocycles. The molecule has 0 radical (unpaired) electrons. The molecule has 7 nitrogen and oxygen atoms in total. The number of anilines is 1. The third kappa shape index (κ3) is 6.57. The van der Waals surface area contributed by atoms with Crippen LogP contribution in [0.1, 0.15) is 24.1 Å². The second-order valence-electron chi connectivity index (χ2n) is 10.9. The van der Waals surface area contributed by atoms with E-state index in [0.29, 0.717) is 43.8 Å². The first kappa shape index (κ1) is 31.7. The number of thiol groups is 1. The van der Waals surface area contributed by atoms with Gasteiger partial charge in [0.1, 0.15) is 5.82 Å². The van der Waals surface area contributed by atoms with Crippen LogP contribution in [0.5, 0.6) is 0 Å². The van der Waals surface area contributed by atoms with Crippen molar-refractivity contribution in [2.75, 3.05) is 50.8 Å². The van der Waals surface area contributed by atoms with E-state index in [1.807, 2.05) is 4.90 Å². The van der Waals surface area contributed by atoms with Crippen molar-refractivity contribution in [3.63, 3.8) is 0 Å². The van der Waals surface area contributed by atoms with Crippen molar-refractivity contribution >= 4 is 28.3 Å². The van der Waals surface area contributed by atoms with Gasteiger partial charge in [0.15, 0.2) is 5.60 Å². The summed E-state index contributed by atoms with van der Waals surface area (Å²) in [5.41, 5.74) is -1.86. The largest absolute Gasteiger partial charge is 0.421 e. The monoisotopic (exact) mass is 639 g/mol. The van der Waals surface area contributed by atoms with Gasteiger partial charge in [0, 0.05) is 43.3 Å². The zero-order valence-electron chi connectivity index (χ0n) is 23.4. The van der Waals surface area contributed by atoms with Gasteiger partial charge in [-0.05, 0) is 54.4 Å². The quantitative estimate of drug-likeness (QED) is 0.285. The lowest BCUT2D eigenvalue weighted by Crippen LogP contribution is -2.59. The lowest BCUT2D eigenvalue weighted by atomic mass is 9.95. The average Bonchev–Trinajstić information content (AvgIpc) is 2.97. The molecule has 2 aliphatic rings. The minimum absolute atomic E-state index is 0.0971. The van der Waals surface area contributed by atoms with Crippen molar-refractivity contribution in [2.45, 2.75) is 40.6 Å². The van der Waals surface area contributed by atoms with E-state index in [4.69, 9.17) is 4.74 Å². The summed E-state index contributed by atoms with van der Waals surface area (Å²) in [5, 5.41) is 10.1. The van der Waals surface area contributed by atoms with Gasteiger partial charge in [-0.15, -0.1) is 12.6 Å². The number of morpholine rings is 1. The first-order valence-electron chi connectivity index (χ1n) is 13.8. The molecular formula is C30H33F4N3O4S2. The van der Waals surface area contributed by atoms with Crippen LogP contribution in [-0.4, -0.2) is 80.9 Å². The number of benzene rings is 3. The van der Waals surface area contributed by atoms with E-state index < -0.39 is 27.8 Å². The molecule has 0 saturated carbocycles. The lowest BCUT2D eigenvalue weighted by Gasteiger charge is -2.46. The van der Waals surface area contributed by atoms with Gasteiger partial charge in [-0.3, -0.25) is 4.90 Å². The molecule has 3 aromatic carbocycles. The normalized spacial score (nSPS) is 22.3. The first-order chi connectivity index (χ1) is 20.3. The number of piperazine rings is 1. The van der Waals surface area contributed by atoms with Gasteiger partial charge in [0.25, 0.3) is 0 Å². The Morgan fingerprint density at radius 2 is 1.65 bits per heavy atom. The molecule has 0 bridgehead atoms. The zero-order chi connectivity index (χ0) is 31.0. The number of halogens is 4. The molecule has 0 unspecified atom stereocenters. The Labute approximate surface area is 254 Å². The van der Waals surface area contributed by atoms with E-state index in [1.54, 1.807) is 30.3 Å². The number of aliphatic hydroxyl groups is 1. The van der Waals surface area contributed by atoms with Crippen molar-refractivity contribution in [3.05, 3.63) is 89.7 Å². The van der Waals surface area contributed by atoms with Crippen LogP contribution in [0.25, 0.3) is 0 Å². The fraction of sp³-hybridized carbons (Fsp3) is 0.400. The van der Waals surface area contributed by atoms with E-state index in [2.05, 4.69) is 17.5 Å². The van der Waals surface area contributed by atoms with Gasteiger partial charge in [0.05, 0.1) is 30.2 Å². The van der Waals surface area contributed by atoms with Crippen LogP contribution in [0.15, 0.2) is 82.6 Å². The summed E-state index contributed by atoms with van der Waals surface area (Å²) in [5.74, 6) is -0.358. The topological polar surface area (TPSA) is 73.3 Å². The summed E-state index contributed by atoms with van der Waals surface area (Å²) in [7, 11) is -3.90. The Balaban J connectivity index is 1.46. The van der Waals surface area contributed by atoms with Crippen molar-refractivity contribution < 1.29 is 35.8 Å². The molecule has 2 saturated heterocycles. The Bertz CT molecular complexity index is 1520. The van der Waals surface area contributed by atoms with E-state index >= 15 is 0 Å². The summed E-state index contributed by atoms with van der Waals surface area (Å²) in [6.07, 6.45) is -4.86. The summed E-state index contributed by atoms with van der Waals surface area (Å²) < 4.78 is 88.6. The van der Waals surface area contributed by atoms with Crippen molar-refractivity contribution in [3.8, 4) is 0 Å². The molecule has 0 spiro atoms. The van der Waals surface area contributed by atoms with Gasteiger partial charge < -0.3 is 14.7 Å². The Morgan fingerprint density at radius 1 is 0.977 bits per heavy atom. The first-order valence-corrected chi connectivity index (χ1v) is 15.7. The summed E-state index contributed by atoms with van der Waals surface area (Å²) in [6.45, 7) is 3.03. The molecule has 2 aliphatic heterocycles. The fourth-order valence-corrected chi connectivity index (χ4v) is 7.67. The number of hydrogen-bond acceptors (Lipinski definition) is 7. The number of hydrogen-bond donors (Lipinski definition) is 2. The van der Waals surface area contributed by atoms with Crippen LogP contribution in [0.3, 0.4) is 0 Å². The van der Waals surface area contributed by atoms with Crippen LogP contribution in [-0.2, 0) is 20.4 Å². The Kier molecular flexibility index (Phi) is 9.13. The lowest BCUT2D eigenvalue weighted by molar-refractivity contribution is -0.258. The number of rotatable bonds is 7. The highest BCUT2D eigenvalue weighted by Gasteiger charge is 2.51. The molecule has 1 N–H and O–H groups in total. The average molecular weight is 640 g/mol. The highest BCUT2D eigenvalue weighted by Crippen LogP contribution is 2.39. The van der Waals surface area contributed by atoms with Gasteiger partial charge in [-0.2, -0.15) is 17.5 Å². The molecule has 0 aromatic heterocycles. The Hall–Kier alpha value is -2.68. The van der Waals surface area contributed by atoms with Crippen LogP contribution in [0.4, 0.5) is 23.2 Å². The SMILES string of the molecule is C[C@@](O)(c1ccc(N2CCN(S(=O)(=O)c3ccccc3S)C[C@@H]2CN2CCOC[C@@H]2c2ccc(F)cc2)cc1)C(F)(F)F. The Morgan fingerprint density at radius 3 is 2.30 bits per heavy atom. The van der Waals surface area contributed by atoms with E-state index in [-0.39, 0.29) is 42.0 Å². The summed E-state index contributed by atoms with van der Waals surface area (Å²) in [6, 6.07) is 17.6. The number of sulfonamides is 1. The molecule has 13 heteroatoms. The zero-order valence-corrected chi connectivity index (χ0v) is 25.1. The molecular weight excluding hydrogens is 606 g/mol. The molecule has 43 heavy (non-hydrogen) atoms. The molecule has 3 aromatic rings. The predicted octanol–water partition coefficient (Wildman–Crippen LogP) is 4.84. The fourth-order valence-electron chi connectivity index (χ4n) is 5.62. The van der Waals surface area contributed by atoms with E-state index in [9.17, 15) is 31.1 Å². The molecule has 0 amide bonds. The van der Waals surface area contributed by atoms with Crippen molar-refractivity contribution in [1.29, 1.82) is 0 Å². The molecule has 0 aliphatic carbocycles. The third-order valence-electron chi connectivity index (χ3n) is 8.18. The minimum atomic E-state index is -4.86. The van der Waals surface area contributed by atoms with E-state index in [1.165, 1.54) is 46.8 Å². The molecule has 5 rings (SSSR count). The highest BCUT2D eigenvalue weighted by molar-refractivity contribution is 7.90. The smallest absolute Gasteiger partial charge is 0.378 e. The van der Waals surface area contributed by atoms with Gasteiger partial charge in [-0.1, -0.05) is 36.4 Å². The summed E-state index contributed by atoms with van der Waals surface area (Å²) >= 11 is 4.36. The van der Waals surface area contributed by atoms with Crippen molar-refractivity contribution in [2.24, 2.45) is 0 Å². The third-order valence-corrected chi connectivity index (χ3v) is 10.6. The molecule has 3 atom stereocenters. The van der Waals surface area contributed by atoms with E-state index in [0.717, 1.165) is 5.56 Å². The van der Waals surface area contributed by atoms with Gasteiger partial charge in [-0.25, -0.2) is 12.8 Å². The maximum atomic E-state index is 13.7. The van der Waals surface area contributed by atoms with Crippen LogP contribution in [0, 0.1) is 5.82 Å². The standard InChI is InChI=1S/C30H33F4N3O4S2/c1-29(38,30(32,33)34)22-8-12-24(13-9-22)37-15-14-36(43(39,40)28-5-3-2-4-27(28)42)19-25(37)18-35-16-17-41-20-26(35)21-6-10-23(31)11-7-21/h2-13,25-26,38,42H,14-20H2,1H3/t25-,26+,29+/m0/s1. The van der Waals surface area contributed by atoms with Crippen LogP contribution >= 0.6 is 12.6 Å². The summed E-state index contributed by atoms with van der Waals surface area (Å²) in [4.78, 5) is 4.58. The highest BCUT2D eigenvalue weighted by atomic mass is 32.2. The maximum absolute atomic E-state index is 13.7. The molecule has 2 fully saturated rings. The van der Waals surface area contributed by atoms with Gasteiger partial charge >= 0.3 is 6.18 Å². The van der Waals surface area contributed by atoms with Gasteiger partial charge in [0.2, 0.25) is 10.0 Å². The minimum Gasteiger partial charge on any atom is -0.378 e. The van der Waals surface area contributed by atoms with Crippen LogP contribution < -0.4 is 4.90 Å². The second kappa shape index (κ2) is 12.4. The predicted molar refractivity (Wildman–Crippen MR) is 157 cm³/mol. The maximum Gasteiger partial charge on any atom is 0.421 e. The van der Waals surface area contributed by atoms with Crippen molar-refractivity contribution in [1.82, 2.24) is 9.21 Å². The number of ether oxygens (including phenoxy) is 1. The molecule has 232 valence electrons. The number of nitrogens with zero attached hydrogens (tertiary/aromatic N) is 3. The van der Waals surface area contributed by atoms with Crippen LogP contribution in [0.2, 0.25) is 0 Å².